The lowest BCUT2D eigenvalue weighted by molar-refractivity contribution is -0.140. The molecule has 2 heterocycles. The number of ether oxygens (including phenoxy) is 4. The largest absolute Gasteiger partial charge is 0.507 e. The van der Waals surface area contributed by atoms with Crippen LogP contribution < -0.4 is 18.9 Å². The predicted octanol–water partition coefficient (Wildman–Crippen LogP) is 5.81. The van der Waals surface area contributed by atoms with Crippen molar-refractivity contribution in [1.29, 1.82) is 0 Å². The fourth-order valence-corrected chi connectivity index (χ4v) is 5.02. The van der Waals surface area contributed by atoms with Crippen molar-refractivity contribution in [2.45, 2.75) is 26.1 Å². The highest BCUT2D eigenvalue weighted by Crippen LogP contribution is 2.46. The lowest BCUT2D eigenvalue weighted by atomic mass is 9.94. The summed E-state index contributed by atoms with van der Waals surface area (Å²) < 4.78 is 27.9. The number of hydrogen-bond donors (Lipinski definition) is 1. The van der Waals surface area contributed by atoms with E-state index < -0.39 is 17.7 Å². The number of amides is 1. The molecule has 216 valence electrons. The summed E-state index contributed by atoms with van der Waals surface area (Å²) in [6.45, 7) is 2.41. The number of Topliss-reactive ketones (excluding diaryl/α,β-unsaturated/α-hetero) is 1. The van der Waals surface area contributed by atoms with Crippen LogP contribution in [0.2, 0.25) is 0 Å². The molecule has 9 nitrogen and oxygen atoms in total. The Morgan fingerprint density at radius 3 is 2.19 bits per heavy atom. The molecule has 0 unspecified atom stereocenters. The summed E-state index contributed by atoms with van der Waals surface area (Å²) in [6, 6.07) is 20.4. The summed E-state index contributed by atoms with van der Waals surface area (Å²) in [5.41, 5.74) is 2.94. The molecule has 0 aliphatic carbocycles. The van der Waals surface area contributed by atoms with Crippen molar-refractivity contribution in [3.63, 3.8) is 0 Å². The third-order valence-corrected chi connectivity index (χ3v) is 7.23. The second-order valence-electron chi connectivity index (χ2n) is 9.70. The molecule has 1 saturated heterocycles. The molecule has 3 aromatic carbocycles. The van der Waals surface area contributed by atoms with E-state index in [1.165, 1.54) is 32.5 Å². The van der Waals surface area contributed by atoms with Gasteiger partial charge in [-0.3, -0.25) is 9.59 Å². The van der Waals surface area contributed by atoms with Crippen molar-refractivity contribution in [3.8, 4) is 23.0 Å². The van der Waals surface area contributed by atoms with Crippen LogP contribution in [0.3, 0.4) is 0 Å². The van der Waals surface area contributed by atoms with E-state index in [9.17, 15) is 14.7 Å². The van der Waals surface area contributed by atoms with Crippen molar-refractivity contribution >= 4 is 17.4 Å². The number of nitrogens with zero attached hydrogens (tertiary/aromatic N) is 1. The standard InChI is InChI=1S/C33H31NO8/c1-20-8-5-6-9-22(20)19-42-24-13-11-21(12-14-24)30(35)28-29(23-16-26(38-2)32(40-4)27(17-23)39-3)34(33(37)31(28)36)18-25-10-7-15-41-25/h5-17,29,35H,18-19H2,1-4H3/t29-/m0/s1. The Hall–Kier alpha value is -5.18. The van der Waals surface area contributed by atoms with Crippen LogP contribution in [-0.2, 0) is 22.7 Å². The second kappa shape index (κ2) is 12.1. The zero-order valence-electron chi connectivity index (χ0n) is 23.7. The number of aryl methyl sites for hydroxylation is 1. The number of likely N-dealkylation sites (tertiary alicyclic amines) is 1. The Morgan fingerprint density at radius 1 is 0.905 bits per heavy atom. The summed E-state index contributed by atoms with van der Waals surface area (Å²) in [4.78, 5) is 28.2. The van der Waals surface area contributed by atoms with Crippen LogP contribution in [0.25, 0.3) is 5.76 Å². The van der Waals surface area contributed by atoms with E-state index in [0.717, 1.165) is 11.1 Å². The first-order valence-corrected chi connectivity index (χ1v) is 13.2. The molecule has 9 heteroatoms. The van der Waals surface area contributed by atoms with E-state index in [2.05, 4.69) is 0 Å². The number of ketones is 1. The molecule has 1 aromatic heterocycles. The van der Waals surface area contributed by atoms with Crippen LogP contribution in [0.5, 0.6) is 23.0 Å². The first kappa shape index (κ1) is 28.4. The zero-order valence-corrected chi connectivity index (χ0v) is 23.7. The van der Waals surface area contributed by atoms with Gasteiger partial charge in [0.05, 0.1) is 45.8 Å². The van der Waals surface area contributed by atoms with Gasteiger partial charge in [0.2, 0.25) is 5.75 Å². The number of benzene rings is 3. The number of hydrogen-bond acceptors (Lipinski definition) is 8. The van der Waals surface area contributed by atoms with Crippen molar-refractivity contribution < 1.29 is 38.1 Å². The molecule has 4 aromatic rings. The second-order valence-corrected chi connectivity index (χ2v) is 9.70. The number of aliphatic hydroxyl groups excluding tert-OH is 1. The topological polar surface area (TPSA) is 108 Å². The smallest absolute Gasteiger partial charge is 0.296 e. The Kier molecular flexibility index (Phi) is 8.19. The molecular weight excluding hydrogens is 538 g/mol. The van der Waals surface area contributed by atoms with Crippen molar-refractivity contribution in [2.24, 2.45) is 0 Å². The van der Waals surface area contributed by atoms with Crippen LogP contribution in [-0.4, -0.2) is 43.0 Å². The summed E-state index contributed by atoms with van der Waals surface area (Å²) in [5, 5.41) is 11.5. The third-order valence-electron chi connectivity index (χ3n) is 7.23. The molecular formula is C33H31NO8. The van der Waals surface area contributed by atoms with Gasteiger partial charge < -0.3 is 33.4 Å². The quantitative estimate of drug-likeness (QED) is 0.145. The number of furan rings is 1. The fraction of sp³-hybridized carbons (Fsp3) is 0.212. The maximum Gasteiger partial charge on any atom is 0.296 e. The summed E-state index contributed by atoms with van der Waals surface area (Å²) in [5.74, 6) is 0.185. The van der Waals surface area contributed by atoms with E-state index in [1.54, 1.807) is 48.5 Å². The average Bonchev–Trinajstić information content (AvgIpc) is 3.62. The normalized spacial score (nSPS) is 16.0. The first-order valence-electron chi connectivity index (χ1n) is 13.2. The van der Waals surface area contributed by atoms with Gasteiger partial charge in [-0.1, -0.05) is 24.3 Å². The molecule has 1 aliphatic rings. The van der Waals surface area contributed by atoms with Crippen LogP contribution in [0.15, 0.2) is 89.0 Å². The molecule has 1 atom stereocenters. The van der Waals surface area contributed by atoms with Gasteiger partial charge in [-0.25, -0.2) is 0 Å². The molecule has 0 saturated carbocycles. The number of rotatable bonds is 10. The highest BCUT2D eigenvalue weighted by atomic mass is 16.5. The number of aliphatic hydroxyl groups is 1. The highest BCUT2D eigenvalue weighted by Gasteiger charge is 2.47. The summed E-state index contributed by atoms with van der Waals surface area (Å²) >= 11 is 0. The van der Waals surface area contributed by atoms with Gasteiger partial charge in [0.15, 0.2) is 11.5 Å². The Morgan fingerprint density at radius 2 is 1.60 bits per heavy atom. The van der Waals surface area contributed by atoms with Crippen LogP contribution >= 0.6 is 0 Å². The minimum Gasteiger partial charge on any atom is -0.507 e. The average molecular weight is 570 g/mol. The van der Waals surface area contributed by atoms with Crippen LogP contribution in [0, 0.1) is 6.92 Å². The van der Waals surface area contributed by atoms with Gasteiger partial charge in [0.25, 0.3) is 11.7 Å². The third kappa shape index (κ3) is 5.41. The lowest BCUT2D eigenvalue weighted by Gasteiger charge is -2.26. The summed E-state index contributed by atoms with van der Waals surface area (Å²) in [7, 11) is 4.44. The van der Waals surface area contributed by atoms with Crippen molar-refractivity contribution in [1.82, 2.24) is 4.90 Å². The minimum atomic E-state index is -0.971. The van der Waals surface area contributed by atoms with Crippen molar-refractivity contribution in [3.05, 3.63) is 113 Å². The number of carbonyl (C=O) groups is 2. The molecule has 1 fully saturated rings. The van der Waals surface area contributed by atoms with E-state index in [0.29, 0.717) is 46.5 Å². The van der Waals surface area contributed by atoms with E-state index >= 15 is 0 Å². The van der Waals surface area contributed by atoms with Gasteiger partial charge in [-0.05, 0) is 72.1 Å². The van der Waals surface area contributed by atoms with Gasteiger partial charge in [0, 0.05) is 5.56 Å². The fourth-order valence-electron chi connectivity index (χ4n) is 5.02. The van der Waals surface area contributed by atoms with Gasteiger partial charge in [-0.15, -0.1) is 0 Å². The van der Waals surface area contributed by atoms with Crippen LogP contribution in [0.1, 0.15) is 34.1 Å². The number of methoxy groups -OCH3 is 3. The molecule has 42 heavy (non-hydrogen) atoms. The molecule has 0 spiro atoms. The lowest BCUT2D eigenvalue weighted by Crippen LogP contribution is -2.29. The Labute approximate surface area is 243 Å². The van der Waals surface area contributed by atoms with Crippen molar-refractivity contribution in [2.75, 3.05) is 21.3 Å². The molecule has 1 N–H and O–H groups in total. The van der Waals surface area contributed by atoms with E-state index in [1.807, 2.05) is 31.2 Å². The SMILES string of the molecule is COc1cc([C@H]2C(=C(O)c3ccc(OCc4ccccc4C)cc3)C(=O)C(=O)N2Cc2ccco2)cc(OC)c1OC. The molecule has 5 rings (SSSR count). The minimum absolute atomic E-state index is 0.00135. The monoisotopic (exact) mass is 569 g/mol. The molecule has 0 radical (unpaired) electrons. The molecule has 1 amide bonds. The zero-order chi connectivity index (χ0) is 29.8. The van der Waals surface area contributed by atoms with E-state index in [-0.39, 0.29) is 17.9 Å². The highest BCUT2D eigenvalue weighted by molar-refractivity contribution is 6.46. The molecule has 1 aliphatic heterocycles. The maximum atomic E-state index is 13.5. The van der Waals surface area contributed by atoms with Gasteiger partial charge in [0.1, 0.15) is 23.9 Å². The summed E-state index contributed by atoms with van der Waals surface area (Å²) in [6.07, 6.45) is 1.49. The Bertz CT molecular complexity index is 1600. The van der Waals surface area contributed by atoms with E-state index in [4.69, 9.17) is 23.4 Å². The van der Waals surface area contributed by atoms with Crippen LogP contribution in [0.4, 0.5) is 0 Å². The first-order chi connectivity index (χ1) is 20.4. The number of carbonyl (C=O) groups excluding carboxylic acids is 2. The molecule has 0 bridgehead atoms. The maximum absolute atomic E-state index is 13.5. The predicted molar refractivity (Wildman–Crippen MR) is 155 cm³/mol. The van der Waals surface area contributed by atoms with Gasteiger partial charge in [-0.2, -0.15) is 0 Å². The Balaban J connectivity index is 1.55. The van der Waals surface area contributed by atoms with Gasteiger partial charge >= 0.3 is 0 Å².